The number of hydrogen-bond donors (Lipinski definition) is 2. The average molecular weight is 444 g/mol. The van der Waals surface area contributed by atoms with Gasteiger partial charge in [-0.3, -0.25) is 9.48 Å². The maximum Gasteiger partial charge on any atom is 0.119 e. The van der Waals surface area contributed by atoms with Gasteiger partial charge in [0.25, 0.3) is 0 Å². The van der Waals surface area contributed by atoms with Gasteiger partial charge in [-0.2, -0.15) is 0 Å². The smallest absolute Gasteiger partial charge is 0.119 e. The number of ether oxygens (including phenoxy) is 1. The molecule has 2 aromatic carbocycles. The number of fused-ring (bicyclic) bond motifs is 4. The molecule has 0 saturated carbocycles. The maximum absolute atomic E-state index is 6.01. The van der Waals surface area contributed by atoms with Crippen molar-refractivity contribution in [1.82, 2.24) is 5.32 Å². The second kappa shape index (κ2) is 11.9. The zero-order valence-corrected chi connectivity index (χ0v) is 19.9. The molecule has 5 heteroatoms. The van der Waals surface area contributed by atoms with E-state index in [2.05, 4.69) is 77.8 Å². The number of hydrogen-bond acceptors (Lipinski definition) is 4. The molecule has 0 radical (unpaired) electrons. The highest BCUT2D eigenvalue weighted by Crippen LogP contribution is 2.22. The first kappa shape index (κ1) is 24.1. The predicted octanol–water partition coefficient (Wildman–Crippen LogP) is 5.72. The Hall–Kier alpha value is -3.57. The third kappa shape index (κ3) is 7.22. The Morgan fingerprint density at radius 2 is 1.94 bits per heavy atom. The fourth-order valence-corrected chi connectivity index (χ4v) is 3.63. The number of rotatable bonds is 2. The third-order valence-corrected chi connectivity index (χ3v) is 5.53. The summed E-state index contributed by atoms with van der Waals surface area (Å²) in [6, 6.07) is 16.6. The molecule has 3 rings (SSSR count). The molecule has 1 aliphatic heterocycles. The molecule has 5 nitrogen and oxygen atoms in total. The van der Waals surface area contributed by atoms with Crippen molar-refractivity contribution >= 4 is 17.6 Å². The first-order valence-electron chi connectivity index (χ1n) is 11.3. The minimum absolute atomic E-state index is 0.629. The van der Waals surface area contributed by atoms with Crippen molar-refractivity contribution in [2.24, 2.45) is 4.99 Å². The van der Waals surface area contributed by atoms with Crippen LogP contribution >= 0.6 is 0 Å². The van der Waals surface area contributed by atoms with E-state index in [9.17, 15) is 0 Å². The van der Waals surface area contributed by atoms with Gasteiger partial charge < -0.3 is 15.4 Å². The van der Waals surface area contributed by atoms with Gasteiger partial charge in [0.1, 0.15) is 24.7 Å². The van der Waals surface area contributed by atoms with Gasteiger partial charge in [-0.05, 0) is 62.4 Å². The summed E-state index contributed by atoms with van der Waals surface area (Å²) in [6.07, 6.45) is 13.1. The Kier molecular flexibility index (Phi) is 8.67. The lowest BCUT2D eigenvalue weighted by atomic mass is 10.1. The summed E-state index contributed by atoms with van der Waals surface area (Å²) in [5, 5.41) is 7.04. The molecule has 0 amide bonds. The summed E-state index contributed by atoms with van der Waals surface area (Å²) in [5.74, 6) is 1.73. The molecule has 0 aliphatic carbocycles. The van der Waals surface area contributed by atoms with Crippen LogP contribution in [-0.4, -0.2) is 37.9 Å². The third-order valence-electron chi connectivity index (χ3n) is 5.53. The van der Waals surface area contributed by atoms with Crippen LogP contribution < -0.4 is 15.4 Å². The maximum atomic E-state index is 6.01. The lowest BCUT2D eigenvalue weighted by Crippen LogP contribution is -2.37. The molecule has 1 aliphatic rings. The van der Waals surface area contributed by atoms with Crippen LogP contribution in [0, 0.1) is 0 Å². The van der Waals surface area contributed by atoms with Crippen molar-refractivity contribution in [2.45, 2.75) is 19.9 Å². The van der Waals surface area contributed by atoms with E-state index in [0.29, 0.717) is 6.61 Å². The molecule has 1 heterocycles. The van der Waals surface area contributed by atoms with E-state index in [1.807, 2.05) is 37.4 Å². The molecule has 0 spiro atoms. The molecular weight excluding hydrogens is 408 g/mol. The van der Waals surface area contributed by atoms with Crippen LogP contribution in [-0.2, 0) is 6.54 Å². The van der Waals surface area contributed by atoms with Gasteiger partial charge in [0.15, 0.2) is 0 Å². The predicted molar refractivity (Wildman–Crippen MR) is 140 cm³/mol. The van der Waals surface area contributed by atoms with Gasteiger partial charge in [0, 0.05) is 35.8 Å². The monoisotopic (exact) mass is 443 g/mol. The number of likely N-dealkylation sites (N-methyl/N-ethyl adjacent to an activating group) is 1. The van der Waals surface area contributed by atoms with Crippen molar-refractivity contribution in [3.8, 4) is 5.75 Å². The molecule has 2 aromatic rings. The van der Waals surface area contributed by atoms with Crippen molar-refractivity contribution in [3.63, 3.8) is 0 Å². The number of anilines is 1. The van der Waals surface area contributed by atoms with Crippen molar-refractivity contribution in [1.29, 1.82) is 0 Å². The zero-order valence-electron chi connectivity index (χ0n) is 19.9. The molecule has 1 atom stereocenters. The highest BCUT2D eigenvalue weighted by Gasteiger charge is 2.17. The normalized spacial score (nSPS) is 23.1. The van der Waals surface area contributed by atoms with Crippen LogP contribution in [0.5, 0.6) is 5.75 Å². The molecule has 172 valence electrons. The number of nitrogens with zero attached hydrogens (tertiary/aromatic N) is 2. The van der Waals surface area contributed by atoms with Gasteiger partial charge in [-0.1, -0.05) is 30.3 Å². The minimum atomic E-state index is 0.629. The fourth-order valence-electron chi connectivity index (χ4n) is 3.63. The lowest BCUT2D eigenvalue weighted by molar-refractivity contribution is -0.867. The van der Waals surface area contributed by atoms with Gasteiger partial charge in [-0.15, -0.1) is 0 Å². The average Bonchev–Trinajstić information content (AvgIpc) is 2.83. The number of nitrogens with one attached hydrogen (secondary N) is 2. The Morgan fingerprint density at radius 1 is 1.09 bits per heavy atom. The van der Waals surface area contributed by atoms with Crippen LogP contribution in [0.3, 0.4) is 0 Å². The van der Waals surface area contributed by atoms with Crippen LogP contribution in [0.15, 0.2) is 96.4 Å². The molecule has 0 aromatic heterocycles. The number of aliphatic imine (C=N–C) groups is 1. The van der Waals surface area contributed by atoms with Crippen molar-refractivity contribution < 1.29 is 9.22 Å². The summed E-state index contributed by atoms with van der Waals surface area (Å²) < 4.78 is 6.74. The number of quaternary nitrogens is 1. The number of benzene rings is 2. The van der Waals surface area contributed by atoms with Crippen LogP contribution in [0.1, 0.15) is 24.5 Å². The number of allylic oxidation sites excluding steroid dienone is 2. The Morgan fingerprint density at radius 3 is 2.73 bits per heavy atom. The molecule has 33 heavy (non-hydrogen) atoms. The lowest BCUT2D eigenvalue weighted by Gasteiger charge is -2.29. The summed E-state index contributed by atoms with van der Waals surface area (Å²) in [6.45, 7) is 8.46. The largest absolute Gasteiger partial charge is 0.493 e. The zero-order chi connectivity index (χ0) is 23.5. The molecule has 4 bridgehead atoms. The molecule has 2 N–H and O–H groups in total. The molecule has 0 fully saturated rings. The van der Waals surface area contributed by atoms with Gasteiger partial charge in [0.2, 0.25) is 0 Å². The first-order chi connectivity index (χ1) is 16.0. The highest BCUT2D eigenvalue weighted by atomic mass is 16.5. The van der Waals surface area contributed by atoms with Gasteiger partial charge >= 0.3 is 0 Å². The molecular formula is C28H35N4O+. The summed E-state index contributed by atoms with van der Waals surface area (Å²) in [4.78, 5) is 4.13. The van der Waals surface area contributed by atoms with Crippen LogP contribution in [0.2, 0.25) is 0 Å². The summed E-state index contributed by atoms with van der Waals surface area (Å²) in [7, 11) is 3.96. The van der Waals surface area contributed by atoms with Crippen molar-refractivity contribution in [3.05, 3.63) is 103 Å². The van der Waals surface area contributed by atoms with Crippen LogP contribution in [0.25, 0.3) is 5.70 Å². The van der Waals surface area contributed by atoms with Crippen molar-refractivity contribution in [2.75, 3.05) is 32.6 Å². The SMILES string of the molecule is C=C[N+]1(C)C/C=C/CCOc2cccc(c2)C(=CC=NC)N/C(=C\C)Nc2cccc(c2)C1. The Balaban J connectivity index is 1.98. The Bertz CT molecular complexity index is 1070. The quantitative estimate of drug-likeness (QED) is 0.354. The molecule has 0 saturated heterocycles. The van der Waals surface area contributed by atoms with E-state index >= 15 is 0 Å². The van der Waals surface area contributed by atoms with E-state index in [1.54, 1.807) is 13.3 Å². The van der Waals surface area contributed by atoms with E-state index in [4.69, 9.17) is 4.74 Å². The standard InChI is InChI=1S/C28H35N4O/c1-5-28-30-25-14-10-12-23(20-25)22-32(4,6-2)18-8-7-9-19-33-26-15-11-13-24(21-26)27(31-28)16-17-29-3/h5-8,10-17,20-21,30-31H,2,9,18-19,22H2,1,3-4H3/q+1/b8-7+,27-16?,28-5-,29-17?. The fraction of sp³-hybridized carbons (Fsp3) is 0.250. The first-order valence-corrected chi connectivity index (χ1v) is 11.3. The van der Waals surface area contributed by atoms with E-state index in [0.717, 1.165) is 52.5 Å². The molecule has 1 unspecified atom stereocenters. The van der Waals surface area contributed by atoms with Gasteiger partial charge in [-0.25, -0.2) is 0 Å². The topological polar surface area (TPSA) is 45.6 Å². The summed E-state index contributed by atoms with van der Waals surface area (Å²) >= 11 is 0. The van der Waals surface area contributed by atoms with E-state index < -0.39 is 0 Å². The second-order valence-electron chi connectivity index (χ2n) is 8.28. The van der Waals surface area contributed by atoms with Crippen LogP contribution in [0.4, 0.5) is 5.69 Å². The summed E-state index contributed by atoms with van der Waals surface area (Å²) in [5.41, 5.74) is 4.23. The highest BCUT2D eigenvalue weighted by molar-refractivity contribution is 5.84. The Labute approximate surface area is 198 Å². The van der Waals surface area contributed by atoms with Gasteiger partial charge in [0.05, 0.1) is 19.9 Å². The van der Waals surface area contributed by atoms with E-state index in [1.165, 1.54) is 5.56 Å². The minimum Gasteiger partial charge on any atom is -0.493 e. The van der Waals surface area contributed by atoms with E-state index in [-0.39, 0.29) is 0 Å². The second-order valence-corrected chi connectivity index (χ2v) is 8.28.